The highest BCUT2D eigenvalue weighted by atomic mass is 32.1. The van der Waals surface area contributed by atoms with E-state index >= 15 is 0 Å². The first-order valence-corrected chi connectivity index (χ1v) is 9.10. The van der Waals surface area contributed by atoms with Crippen LogP contribution in [-0.4, -0.2) is 53.2 Å². The van der Waals surface area contributed by atoms with Crippen molar-refractivity contribution in [1.82, 2.24) is 29.4 Å². The summed E-state index contributed by atoms with van der Waals surface area (Å²) in [5, 5.41) is 11.0. The molecule has 0 unspecified atom stereocenters. The van der Waals surface area contributed by atoms with E-state index in [4.69, 9.17) is 5.73 Å². The molecular weight excluding hydrogens is 338 g/mol. The molecule has 3 aromatic rings. The average molecular weight is 359 g/mol. The molecule has 1 aliphatic rings. The summed E-state index contributed by atoms with van der Waals surface area (Å²) in [6, 6.07) is -0.159. The van der Waals surface area contributed by atoms with E-state index < -0.39 is 5.60 Å². The minimum absolute atomic E-state index is 0.159. The monoisotopic (exact) mass is 359 g/mol. The van der Waals surface area contributed by atoms with Gasteiger partial charge in [0, 0.05) is 24.5 Å². The molecule has 1 saturated heterocycles. The van der Waals surface area contributed by atoms with Gasteiger partial charge in [-0.3, -0.25) is 4.90 Å². The second-order valence-electron chi connectivity index (χ2n) is 6.80. The predicted molar refractivity (Wildman–Crippen MR) is 96.1 cm³/mol. The number of aryl methyl sites for hydroxylation is 1. The average Bonchev–Trinajstić information content (AvgIpc) is 3.17. The van der Waals surface area contributed by atoms with E-state index in [-0.39, 0.29) is 6.04 Å². The van der Waals surface area contributed by atoms with E-state index in [2.05, 4.69) is 24.8 Å². The van der Waals surface area contributed by atoms with Crippen molar-refractivity contribution in [2.75, 3.05) is 18.8 Å². The molecule has 4 heterocycles. The molecule has 9 heteroatoms. The number of imidazole rings is 1. The molecule has 0 radical (unpaired) electrons. The Bertz CT molecular complexity index is 903. The fraction of sp³-hybridized carbons (Fsp3) is 0.500. The first-order valence-electron chi connectivity index (χ1n) is 8.22. The van der Waals surface area contributed by atoms with Gasteiger partial charge in [-0.05, 0) is 20.3 Å². The normalized spacial score (nSPS) is 24.8. The van der Waals surface area contributed by atoms with Crippen LogP contribution in [0.2, 0.25) is 0 Å². The number of nitrogens with zero attached hydrogens (tertiary/aromatic N) is 6. The van der Waals surface area contributed by atoms with Gasteiger partial charge in [0.25, 0.3) is 0 Å². The number of anilines is 1. The van der Waals surface area contributed by atoms with Gasteiger partial charge in [0.15, 0.2) is 11.5 Å². The lowest BCUT2D eigenvalue weighted by molar-refractivity contribution is -0.0514. The smallest absolute Gasteiger partial charge is 0.165 e. The van der Waals surface area contributed by atoms with Crippen molar-refractivity contribution in [3.8, 4) is 0 Å². The molecule has 2 atom stereocenters. The van der Waals surface area contributed by atoms with Gasteiger partial charge in [0.2, 0.25) is 0 Å². The third kappa shape index (κ3) is 2.88. The van der Waals surface area contributed by atoms with Gasteiger partial charge in [-0.1, -0.05) is 0 Å². The van der Waals surface area contributed by atoms with Crippen molar-refractivity contribution in [3.05, 3.63) is 28.7 Å². The molecule has 1 fully saturated rings. The Morgan fingerprint density at radius 1 is 1.36 bits per heavy atom. The van der Waals surface area contributed by atoms with Crippen molar-refractivity contribution in [3.63, 3.8) is 0 Å². The maximum Gasteiger partial charge on any atom is 0.165 e. The number of hydrogen-bond donors (Lipinski definition) is 2. The Balaban J connectivity index is 1.65. The summed E-state index contributed by atoms with van der Waals surface area (Å²) in [6.07, 6.45) is 3.82. The number of hydrogen-bond acceptors (Lipinski definition) is 8. The SMILES string of the molecule is Cc1ncsc1CN1CC[C@@](C)(O)[C@H](n2cnc3c(N)ncnc32)C1. The lowest BCUT2D eigenvalue weighted by Gasteiger charge is -2.43. The van der Waals surface area contributed by atoms with E-state index in [9.17, 15) is 5.11 Å². The lowest BCUT2D eigenvalue weighted by Crippen LogP contribution is -2.50. The summed E-state index contributed by atoms with van der Waals surface area (Å²) in [6.45, 7) is 6.30. The molecule has 0 saturated carbocycles. The summed E-state index contributed by atoms with van der Waals surface area (Å²) in [7, 11) is 0. The van der Waals surface area contributed by atoms with E-state index in [1.165, 1.54) is 11.2 Å². The van der Waals surface area contributed by atoms with Crippen molar-refractivity contribution in [1.29, 1.82) is 0 Å². The number of likely N-dealkylation sites (tertiary alicyclic amines) is 1. The van der Waals surface area contributed by atoms with Crippen LogP contribution in [0.4, 0.5) is 5.82 Å². The van der Waals surface area contributed by atoms with Gasteiger partial charge in [0.05, 0.1) is 29.2 Å². The van der Waals surface area contributed by atoms with Crippen LogP contribution < -0.4 is 5.73 Å². The van der Waals surface area contributed by atoms with Gasteiger partial charge < -0.3 is 15.4 Å². The first kappa shape index (κ1) is 16.4. The number of rotatable bonds is 3. The standard InChI is InChI=1S/C16H21N7OS/c1-10-11(25-9-21-10)5-22-4-3-16(2,24)12(6-22)23-8-20-13-14(17)18-7-19-15(13)23/h7-9,12,24H,3-6H2,1-2H3,(H2,17,18,19)/t12-,16-/m1/s1. The van der Waals surface area contributed by atoms with Crippen LogP contribution in [0.25, 0.3) is 11.2 Å². The number of aliphatic hydroxyl groups is 1. The zero-order valence-electron chi connectivity index (χ0n) is 14.3. The summed E-state index contributed by atoms with van der Waals surface area (Å²) in [5.41, 5.74) is 9.25. The van der Waals surface area contributed by atoms with E-state index in [0.29, 0.717) is 29.9 Å². The predicted octanol–water partition coefficient (Wildman–Crippen LogP) is 1.37. The second-order valence-corrected chi connectivity index (χ2v) is 7.74. The maximum absolute atomic E-state index is 11.0. The van der Waals surface area contributed by atoms with Gasteiger partial charge in [-0.25, -0.2) is 19.9 Å². The summed E-state index contributed by atoms with van der Waals surface area (Å²) in [5.74, 6) is 0.358. The quantitative estimate of drug-likeness (QED) is 0.727. The Morgan fingerprint density at radius 3 is 2.96 bits per heavy atom. The molecule has 0 aromatic carbocycles. The number of nitrogens with two attached hydrogens (primary N) is 1. The number of thiazole rings is 1. The molecule has 0 amide bonds. The molecule has 25 heavy (non-hydrogen) atoms. The van der Waals surface area contributed by atoms with Crippen LogP contribution in [0.15, 0.2) is 18.2 Å². The van der Waals surface area contributed by atoms with Crippen LogP contribution in [0.5, 0.6) is 0 Å². The summed E-state index contributed by atoms with van der Waals surface area (Å²) < 4.78 is 1.93. The third-order valence-corrected chi connectivity index (χ3v) is 5.94. The molecule has 0 spiro atoms. The van der Waals surface area contributed by atoms with E-state index in [0.717, 1.165) is 18.8 Å². The molecule has 1 aliphatic heterocycles. The number of piperidine rings is 1. The largest absolute Gasteiger partial charge is 0.388 e. The number of aromatic nitrogens is 5. The maximum atomic E-state index is 11.0. The molecule has 4 rings (SSSR count). The second kappa shape index (κ2) is 6.01. The van der Waals surface area contributed by atoms with Crippen LogP contribution in [0.1, 0.15) is 30.0 Å². The zero-order valence-corrected chi connectivity index (χ0v) is 15.1. The Morgan fingerprint density at radius 2 is 2.20 bits per heavy atom. The van der Waals surface area contributed by atoms with E-state index in [1.807, 2.05) is 23.9 Å². The summed E-state index contributed by atoms with van der Waals surface area (Å²) in [4.78, 5) is 20.6. The Labute approximate surface area is 149 Å². The van der Waals surface area contributed by atoms with Crippen LogP contribution in [-0.2, 0) is 6.54 Å². The minimum Gasteiger partial charge on any atom is -0.388 e. The molecule has 0 bridgehead atoms. The zero-order chi connectivity index (χ0) is 17.6. The highest BCUT2D eigenvalue weighted by Gasteiger charge is 2.39. The molecule has 0 aliphatic carbocycles. The third-order valence-electron chi connectivity index (χ3n) is 5.02. The fourth-order valence-corrected chi connectivity index (χ4v) is 4.21. The lowest BCUT2D eigenvalue weighted by atomic mass is 9.88. The van der Waals surface area contributed by atoms with Gasteiger partial charge in [-0.15, -0.1) is 11.3 Å². The minimum atomic E-state index is -0.841. The highest BCUT2D eigenvalue weighted by molar-refractivity contribution is 7.09. The first-order chi connectivity index (χ1) is 12.0. The highest BCUT2D eigenvalue weighted by Crippen LogP contribution is 2.34. The van der Waals surface area contributed by atoms with Crippen molar-refractivity contribution in [2.24, 2.45) is 0 Å². The van der Waals surface area contributed by atoms with Gasteiger partial charge >= 0.3 is 0 Å². The summed E-state index contributed by atoms with van der Waals surface area (Å²) >= 11 is 1.67. The fourth-order valence-electron chi connectivity index (χ4n) is 3.39. The van der Waals surface area contributed by atoms with E-state index in [1.54, 1.807) is 17.7 Å². The van der Waals surface area contributed by atoms with Crippen molar-refractivity contribution >= 4 is 28.3 Å². The van der Waals surface area contributed by atoms with Crippen molar-refractivity contribution in [2.45, 2.75) is 38.5 Å². The van der Waals surface area contributed by atoms with Crippen molar-refractivity contribution < 1.29 is 5.11 Å². The number of fused-ring (bicyclic) bond motifs is 1. The molecule has 3 aromatic heterocycles. The Hall–Kier alpha value is -2.10. The van der Waals surface area contributed by atoms with Crippen LogP contribution >= 0.6 is 11.3 Å². The molecule has 132 valence electrons. The Kier molecular flexibility index (Phi) is 3.94. The topological polar surface area (TPSA) is 106 Å². The van der Waals surface area contributed by atoms with Gasteiger partial charge in [0.1, 0.15) is 11.8 Å². The number of nitrogen functional groups attached to an aromatic ring is 1. The molecule has 8 nitrogen and oxygen atoms in total. The van der Waals surface area contributed by atoms with Crippen LogP contribution in [0.3, 0.4) is 0 Å². The molecular formula is C16H21N7OS. The van der Waals surface area contributed by atoms with Crippen LogP contribution in [0, 0.1) is 6.92 Å². The molecule has 3 N–H and O–H groups in total. The van der Waals surface area contributed by atoms with Gasteiger partial charge in [-0.2, -0.15) is 0 Å².